The third-order valence-electron chi connectivity index (χ3n) is 15.2. The molecule has 456 valence electrons. The molecule has 0 aromatic carbocycles. The second kappa shape index (κ2) is 59.1. The molecular formula is C67H130NO8P. The molecule has 0 spiro atoms. The van der Waals surface area contributed by atoms with Crippen molar-refractivity contribution >= 4 is 19.8 Å². The Morgan fingerprint density at radius 2 is 0.701 bits per heavy atom. The van der Waals surface area contributed by atoms with E-state index in [9.17, 15) is 19.0 Å². The number of allylic oxidation sites excluding steroid dienone is 4. The van der Waals surface area contributed by atoms with E-state index in [1.807, 2.05) is 21.1 Å². The lowest BCUT2D eigenvalue weighted by atomic mass is 10.0. The lowest BCUT2D eigenvalue weighted by Gasteiger charge is -2.28. The molecule has 0 aliphatic heterocycles. The first-order valence-corrected chi connectivity index (χ1v) is 35.0. The molecule has 0 aliphatic rings. The van der Waals surface area contributed by atoms with E-state index in [-0.39, 0.29) is 32.0 Å². The Bertz CT molecular complexity index is 1350. The zero-order valence-corrected chi connectivity index (χ0v) is 52.8. The largest absolute Gasteiger partial charge is 0.756 e. The van der Waals surface area contributed by atoms with Crippen LogP contribution in [0.2, 0.25) is 0 Å². The summed E-state index contributed by atoms with van der Waals surface area (Å²) in [6, 6.07) is 0. The van der Waals surface area contributed by atoms with E-state index in [0.29, 0.717) is 17.4 Å². The molecule has 0 amide bonds. The predicted octanol–water partition coefficient (Wildman–Crippen LogP) is 20.7. The summed E-state index contributed by atoms with van der Waals surface area (Å²) < 4.78 is 34.2. The highest BCUT2D eigenvalue weighted by atomic mass is 31.2. The van der Waals surface area contributed by atoms with Crippen LogP contribution in [0.15, 0.2) is 24.3 Å². The van der Waals surface area contributed by atoms with E-state index >= 15 is 0 Å². The third-order valence-corrected chi connectivity index (χ3v) is 16.2. The van der Waals surface area contributed by atoms with Gasteiger partial charge in [0.05, 0.1) is 27.7 Å². The number of phosphoric ester groups is 1. The Kier molecular flexibility index (Phi) is 58.0. The molecule has 9 nitrogen and oxygen atoms in total. The molecule has 2 unspecified atom stereocenters. The van der Waals surface area contributed by atoms with Crippen molar-refractivity contribution < 1.29 is 42.1 Å². The average Bonchev–Trinajstić information content (AvgIpc) is 3.39. The highest BCUT2D eigenvalue weighted by Gasteiger charge is 2.22. The van der Waals surface area contributed by atoms with Crippen LogP contribution in [0.3, 0.4) is 0 Å². The van der Waals surface area contributed by atoms with Crippen molar-refractivity contribution in [2.75, 3.05) is 47.5 Å². The molecule has 0 saturated heterocycles. The number of esters is 2. The van der Waals surface area contributed by atoms with Crippen molar-refractivity contribution in [3.63, 3.8) is 0 Å². The first kappa shape index (κ1) is 75.5. The minimum absolute atomic E-state index is 0.0291. The van der Waals surface area contributed by atoms with Crippen molar-refractivity contribution in [3.05, 3.63) is 24.3 Å². The molecule has 0 bridgehead atoms. The Labute approximate surface area is 479 Å². The molecule has 0 aliphatic carbocycles. The second-order valence-electron chi connectivity index (χ2n) is 24.2. The highest BCUT2D eigenvalue weighted by molar-refractivity contribution is 7.45. The van der Waals surface area contributed by atoms with Gasteiger partial charge in [0.2, 0.25) is 0 Å². The van der Waals surface area contributed by atoms with Crippen molar-refractivity contribution in [1.29, 1.82) is 0 Å². The maximum atomic E-state index is 12.8. The Morgan fingerprint density at radius 3 is 1.05 bits per heavy atom. The van der Waals surface area contributed by atoms with E-state index in [2.05, 4.69) is 38.2 Å². The van der Waals surface area contributed by atoms with Gasteiger partial charge < -0.3 is 27.9 Å². The molecule has 0 heterocycles. The van der Waals surface area contributed by atoms with Gasteiger partial charge in [0.25, 0.3) is 7.82 Å². The smallest absolute Gasteiger partial charge is 0.306 e. The van der Waals surface area contributed by atoms with Gasteiger partial charge in [-0.15, -0.1) is 0 Å². The number of carbonyl (C=O) groups is 2. The van der Waals surface area contributed by atoms with Gasteiger partial charge in [-0.1, -0.05) is 308 Å². The maximum Gasteiger partial charge on any atom is 0.306 e. The zero-order valence-electron chi connectivity index (χ0n) is 51.9. The third kappa shape index (κ3) is 63.5. The van der Waals surface area contributed by atoms with Crippen LogP contribution in [-0.2, 0) is 32.7 Å². The average molecular weight is 1110 g/mol. The molecule has 0 aromatic rings. The fourth-order valence-electron chi connectivity index (χ4n) is 10.0. The summed E-state index contributed by atoms with van der Waals surface area (Å²) in [5, 5.41) is 0. The van der Waals surface area contributed by atoms with Gasteiger partial charge in [-0.2, -0.15) is 0 Å². The minimum Gasteiger partial charge on any atom is -0.756 e. The van der Waals surface area contributed by atoms with Gasteiger partial charge in [-0.3, -0.25) is 14.2 Å². The predicted molar refractivity (Wildman–Crippen MR) is 328 cm³/mol. The fourth-order valence-corrected chi connectivity index (χ4v) is 10.8. The highest BCUT2D eigenvalue weighted by Crippen LogP contribution is 2.38. The second-order valence-corrected chi connectivity index (χ2v) is 25.6. The maximum absolute atomic E-state index is 12.8. The normalized spacial score (nSPS) is 13.3. The summed E-state index contributed by atoms with van der Waals surface area (Å²) in [5.74, 6) is -0.820. The van der Waals surface area contributed by atoms with Gasteiger partial charge >= 0.3 is 11.9 Å². The fraction of sp³-hybridized carbons (Fsp3) is 0.910. The SMILES string of the molecule is CCCCC/C=C\C/C=C\CCCCCCCCCCCC(=O)OC(COC(=O)CCCCCCCCCCCCCCCCCCCCCCCCCCCCCCCCCCCC)COP(=O)([O-])OCC[N+](C)(C)C. The first-order valence-electron chi connectivity index (χ1n) is 33.5. The number of nitrogens with zero attached hydrogens (tertiary/aromatic N) is 1. The molecule has 0 N–H and O–H groups in total. The summed E-state index contributed by atoms with van der Waals surface area (Å²) in [4.78, 5) is 38.0. The van der Waals surface area contributed by atoms with Gasteiger partial charge in [0.15, 0.2) is 6.10 Å². The van der Waals surface area contributed by atoms with Crippen LogP contribution in [-0.4, -0.2) is 70.0 Å². The quantitative estimate of drug-likeness (QED) is 0.0195. The molecule has 10 heteroatoms. The number of hydrogen-bond acceptors (Lipinski definition) is 8. The minimum atomic E-state index is -4.64. The first-order chi connectivity index (χ1) is 37.5. The van der Waals surface area contributed by atoms with Crippen molar-refractivity contribution in [2.24, 2.45) is 0 Å². The number of carbonyl (C=O) groups excluding carboxylic acids is 2. The zero-order chi connectivity index (χ0) is 56.3. The number of quaternary nitrogens is 1. The summed E-state index contributed by atoms with van der Waals surface area (Å²) >= 11 is 0. The van der Waals surface area contributed by atoms with E-state index in [1.165, 1.54) is 257 Å². The van der Waals surface area contributed by atoms with Crippen LogP contribution in [0.4, 0.5) is 0 Å². The van der Waals surface area contributed by atoms with Gasteiger partial charge in [0.1, 0.15) is 19.8 Å². The molecular weight excluding hydrogens is 978 g/mol. The van der Waals surface area contributed by atoms with Crippen molar-refractivity contribution in [1.82, 2.24) is 0 Å². The number of rotatable bonds is 63. The van der Waals surface area contributed by atoms with Crippen LogP contribution in [0.5, 0.6) is 0 Å². The topological polar surface area (TPSA) is 111 Å². The monoisotopic (exact) mass is 1110 g/mol. The van der Waals surface area contributed by atoms with Crippen molar-refractivity contribution in [2.45, 2.75) is 347 Å². The van der Waals surface area contributed by atoms with Gasteiger partial charge in [0, 0.05) is 12.8 Å². The van der Waals surface area contributed by atoms with Crippen LogP contribution in [0.25, 0.3) is 0 Å². The summed E-state index contributed by atoms with van der Waals surface area (Å²) in [7, 11) is 1.18. The Morgan fingerprint density at radius 1 is 0.403 bits per heavy atom. The number of likely N-dealkylation sites (N-methyl/N-ethyl adjacent to an activating group) is 1. The summed E-state index contributed by atoms with van der Waals surface area (Å²) in [6.45, 7) is 4.27. The number of ether oxygens (including phenoxy) is 2. The molecule has 2 atom stereocenters. The van der Waals surface area contributed by atoms with E-state index in [1.54, 1.807) is 0 Å². The molecule has 0 rings (SSSR count). The van der Waals surface area contributed by atoms with Crippen LogP contribution < -0.4 is 4.89 Å². The number of unbranched alkanes of at least 4 members (excludes halogenated alkanes) is 45. The van der Waals surface area contributed by atoms with Gasteiger partial charge in [-0.25, -0.2) is 0 Å². The summed E-state index contributed by atoms with van der Waals surface area (Å²) in [6.07, 6.45) is 72.6. The van der Waals surface area contributed by atoms with Crippen LogP contribution in [0, 0.1) is 0 Å². The lowest BCUT2D eigenvalue weighted by molar-refractivity contribution is -0.870. The molecule has 77 heavy (non-hydrogen) atoms. The lowest BCUT2D eigenvalue weighted by Crippen LogP contribution is -2.37. The number of phosphoric acid groups is 1. The molecule has 0 radical (unpaired) electrons. The van der Waals surface area contributed by atoms with Crippen LogP contribution in [0.1, 0.15) is 341 Å². The standard InChI is InChI=1S/C67H130NO8P/c1-6-8-10-12-14-16-18-20-22-24-26-27-28-29-30-31-32-33-34-35-36-37-38-39-40-42-43-45-47-49-51-53-55-57-59-66(69)73-63-65(64-75-77(71,72)74-62-61-68(3,4)5)76-67(70)60-58-56-54-52-50-48-46-44-41-25-23-21-19-17-15-13-11-9-7-2/h15,17,21,23,65H,6-14,16,18-20,22,24-64H2,1-5H3/b17-15-,23-21-. The molecule has 0 saturated carbocycles. The number of hydrogen-bond donors (Lipinski definition) is 0. The Hall–Kier alpha value is -1.51. The van der Waals surface area contributed by atoms with E-state index < -0.39 is 26.5 Å². The molecule has 0 fully saturated rings. The summed E-state index contributed by atoms with van der Waals surface area (Å²) in [5.41, 5.74) is 0. The van der Waals surface area contributed by atoms with E-state index in [0.717, 1.165) is 51.4 Å². The Balaban J connectivity index is 3.94. The van der Waals surface area contributed by atoms with Crippen molar-refractivity contribution in [3.8, 4) is 0 Å². The van der Waals surface area contributed by atoms with E-state index in [4.69, 9.17) is 18.5 Å². The molecule has 0 aromatic heterocycles. The van der Waals surface area contributed by atoms with Gasteiger partial charge in [-0.05, 0) is 44.9 Å². The van der Waals surface area contributed by atoms with Crippen LogP contribution >= 0.6 is 7.82 Å².